The van der Waals surface area contributed by atoms with Crippen LogP contribution in [0.5, 0.6) is 0 Å². The van der Waals surface area contributed by atoms with E-state index in [1.807, 2.05) is 6.07 Å². The molecule has 3 rings (SSSR count). The Morgan fingerprint density at radius 3 is 2.76 bits per heavy atom. The minimum Gasteiger partial charge on any atom is -0.472 e. The van der Waals surface area contributed by atoms with Crippen molar-refractivity contribution in [2.45, 2.75) is 25.8 Å². The standard InChI is InChI=1S/C13H18N2O2/c16-12-13(2-5-14-12)3-6-15(7-4-13)9-11-1-8-17-10-11/h1,8,10H,2-7,9H2,(H,14,16). The second-order valence-corrected chi connectivity index (χ2v) is 5.19. The zero-order chi connectivity index (χ0) is 11.7. The molecule has 0 bridgehead atoms. The SMILES string of the molecule is O=C1NCCC12CCN(Cc1ccoc1)CC2. The molecule has 0 atom stereocenters. The lowest BCUT2D eigenvalue weighted by atomic mass is 9.77. The molecule has 92 valence electrons. The summed E-state index contributed by atoms with van der Waals surface area (Å²) in [5.74, 6) is 0.278. The van der Waals surface area contributed by atoms with E-state index in [4.69, 9.17) is 4.42 Å². The highest BCUT2D eigenvalue weighted by molar-refractivity contribution is 5.84. The van der Waals surface area contributed by atoms with Gasteiger partial charge in [0, 0.05) is 18.7 Å². The van der Waals surface area contributed by atoms with Crippen LogP contribution in [0.15, 0.2) is 23.0 Å². The molecule has 1 amide bonds. The van der Waals surface area contributed by atoms with Crippen LogP contribution >= 0.6 is 0 Å². The van der Waals surface area contributed by atoms with Gasteiger partial charge in [-0.15, -0.1) is 0 Å². The number of amides is 1. The molecule has 2 saturated heterocycles. The lowest BCUT2D eigenvalue weighted by Crippen LogP contribution is -2.43. The zero-order valence-electron chi connectivity index (χ0n) is 9.95. The molecule has 0 radical (unpaired) electrons. The molecule has 2 aliphatic heterocycles. The molecule has 1 spiro atoms. The van der Waals surface area contributed by atoms with E-state index >= 15 is 0 Å². The van der Waals surface area contributed by atoms with Crippen LogP contribution in [0.4, 0.5) is 0 Å². The smallest absolute Gasteiger partial charge is 0.226 e. The summed E-state index contributed by atoms with van der Waals surface area (Å²) >= 11 is 0. The van der Waals surface area contributed by atoms with Gasteiger partial charge in [-0.1, -0.05) is 0 Å². The lowest BCUT2D eigenvalue weighted by Gasteiger charge is -2.37. The number of hydrogen-bond donors (Lipinski definition) is 1. The fourth-order valence-electron chi connectivity index (χ4n) is 2.97. The topological polar surface area (TPSA) is 45.5 Å². The van der Waals surface area contributed by atoms with Gasteiger partial charge in [-0.25, -0.2) is 0 Å². The molecule has 4 heteroatoms. The minimum atomic E-state index is -0.0487. The van der Waals surface area contributed by atoms with Crippen LogP contribution in [0.2, 0.25) is 0 Å². The number of carbonyl (C=O) groups is 1. The minimum absolute atomic E-state index is 0.0487. The van der Waals surface area contributed by atoms with Crippen LogP contribution in [-0.2, 0) is 11.3 Å². The molecule has 3 heterocycles. The Bertz CT molecular complexity index is 392. The van der Waals surface area contributed by atoms with Crippen molar-refractivity contribution in [3.63, 3.8) is 0 Å². The summed E-state index contributed by atoms with van der Waals surface area (Å²) in [5.41, 5.74) is 1.17. The number of carbonyl (C=O) groups excluding carboxylic acids is 1. The second-order valence-electron chi connectivity index (χ2n) is 5.19. The molecule has 1 aromatic heterocycles. The van der Waals surface area contributed by atoms with Crippen LogP contribution in [-0.4, -0.2) is 30.4 Å². The molecule has 2 aliphatic rings. The first-order chi connectivity index (χ1) is 8.28. The van der Waals surface area contributed by atoms with Crippen LogP contribution in [0, 0.1) is 5.41 Å². The average Bonchev–Trinajstić information content (AvgIpc) is 2.94. The largest absolute Gasteiger partial charge is 0.472 e. The van der Waals surface area contributed by atoms with Crippen LogP contribution in [0.3, 0.4) is 0 Å². The molecule has 1 aromatic rings. The third-order valence-corrected chi connectivity index (χ3v) is 4.17. The van der Waals surface area contributed by atoms with Gasteiger partial charge in [-0.3, -0.25) is 9.69 Å². The van der Waals surface area contributed by atoms with Gasteiger partial charge >= 0.3 is 0 Å². The maximum absolute atomic E-state index is 11.8. The number of nitrogens with zero attached hydrogens (tertiary/aromatic N) is 1. The summed E-state index contributed by atoms with van der Waals surface area (Å²) in [4.78, 5) is 14.2. The fourth-order valence-corrected chi connectivity index (χ4v) is 2.97. The van der Waals surface area contributed by atoms with Crippen LogP contribution < -0.4 is 5.32 Å². The number of hydrogen-bond acceptors (Lipinski definition) is 3. The van der Waals surface area contributed by atoms with E-state index in [0.717, 1.165) is 45.4 Å². The molecular formula is C13H18N2O2. The molecule has 17 heavy (non-hydrogen) atoms. The van der Waals surface area contributed by atoms with Crippen molar-refractivity contribution in [3.8, 4) is 0 Å². The van der Waals surface area contributed by atoms with E-state index in [0.29, 0.717) is 0 Å². The van der Waals surface area contributed by atoms with Gasteiger partial charge in [-0.2, -0.15) is 0 Å². The Morgan fingerprint density at radius 2 is 2.18 bits per heavy atom. The fraction of sp³-hybridized carbons (Fsp3) is 0.615. The van der Waals surface area contributed by atoms with E-state index in [2.05, 4.69) is 10.2 Å². The van der Waals surface area contributed by atoms with E-state index in [-0.39, 0.29) is 11.3 Å². The van der Waals surface area contributed by atoms with Crippen molar-refractivity contribution in [2.75, 3.05) is 19.6 Å². The third kappa shape index (κ3) is 1.97. The van der Waals surface area contributed by atoms with Crippen molar-refractivity contribution in [3.05, 3.63) is 24.2 Å². The highest BCUT2D eigenvalue weighted by Gasteiger charge is 2.44. The maximum Gasteiger partial charge on any atom is 0.226 e. The predicted molar refractivity (Wildman–Crippen MR) is 63.3 cm³/mol. The quantitative estimate of drug-likeness (QED) is 0.841. The second kappa shape index (κ2) is 4.18. The van der Waals surface area contributed by atoms with Crippen molar-refractivity contribution >= 4 is 5.91 Å². The first-order valence-electron chi connectivity index (χ1n) is 6.30. The Morgan fingerprint density at radius 1 is 1.35 bits per heavy atom. The average molecular weight is 234 g/mol. The first-order valence-corrected chi connectivity index (χ1v) is 6.30. The molecule has 0 saturated carbocycles. The van der Waals surface area contributed by atoms with E-state index in [1.54, 1.807) is 12.5 Å². The summed E-state index contributed by atoms with van der Waals surface area (Å²) < 4.78 is 5.08. The number of likely N-dealkylation sites (tertiary alicyclic amines) is 1. The predicted octanol–water partition coefficient (Wildman–Crippen LogP) is 1.38. The van der Waals surface area contributed by atoms with Gasteiger partial charge in [0.1, 0.15) is 0 Å². The van der Waals surface area contributed by atoms with Gasteiger partial charge in [-0.05, 0) is 38.4 Å². The normalized spacial score (nSPS) is 24.1. The van der Waals surface area contributed by atoms with Gasteiger partial charge in [0.25, 0.3) is 0 Å². The summed E-state index contributed by atoms with van der Waals surface area (Å²) in [6.45, 7) is 3.83. The van der Waals surface area contributed by atoms with Gasteiger partial charge in [0.2, 0.25) is 5.91 Å². The molecular weight excluding hydrogens is 216 g/mol. The summed E-state index contributed by atoms with van der Waals surface area (Å²) in [5, 5.41) is 2.97. The van der Waals surface area contributed by atoms with Crippen molar-refractivity contribution in [1.82, 2.24) is 10.2 Å². The van der Waals surface area contributed by atoms with E-state index < -0.39 is 0 Å². The van der Waals surface area contributed by atoms with E-state index in [1.165, 1.54) is 5.56 Å². The number of piperidine rings is 1. The number of furan rings is 1. The van der Waals surface area contributed by atoms with Gasteiger partial charge in [0.05, 0.1) is 17.9 Å². The summed E-state index contributed by atoms with van der Waals surface area (Å²) in [6.07, 6.45) is 6.52. The van der Waals surface area contributed by atoms with Crippen LogP contribution in [0.1, 0.15) is 24.8 Å². The van der Waals surface area contributed by atoms with E-state index in [9.17, 15) is 4.79 Å². The Kier molecular flexibility index (Phi) is 2.67. The van der Waals surface area contributed by atoms with Crippen LogP contribution in [0.25, 0.3) is 0 Å². The molecule has 1 N–H and O–H groups in total. The molecule has 0 aliphatic carbocycles. The molecule has 0 aromatic carbocycles. The number of rotatable bonds is 2. The van der Waals surface area contributed by atoms with Gasteiger partial charge in [0.15, 0.2) is 0 Å². The van der Waals surface area contributed by atoms with Gasteiger partial charge < -0.3 is 9.73 Å². The molecule has 2 fully saturated rings. The highest BCUT2D eigenvalue weighted by atomic mass is 16.3. The lowest BCUT2D eigenvalue weighted by molar-refractivity contribution is -0.130. The van der Waals surface area contributed by atoms with Crippen molar-refractivity contribution in [1.29, 1.82) is 0 Å². The number of nitrogens with one attached hydrogen (secondary N) is 1. The Hall–Kier alpha value is -1.29. The molecule has 4 nitrogen and oxygen atoms in total. The van der Waals surface area contributed by atoms with Crippen molar-refractivity contribution in [2.24, 2.45) is 5.41 Å². The zero-order valence-corrected chi connectivity index (χ0v) is 9.95. The Balaban J connectivity index is 1.59. The maximum atomic E-state index is 11.8. The monoisotopic (exact) mass is 234 g/mol. The highest BCUT2D eigenvalue weighted by Crippen LogP contribution is 2.38. The molecule has 0 unspecified atom stereocenters. The summed E-state index contributed by atoms with van der Waals surface area (Å²) in [6, 6.07) is 2.01. The summed E-state index contributed by atoms with van der Waals surface area (Å²) in [7, 11) is 0. The van der Waals surface area contributed by atoms with Crippen molar-refractivity contribution < 1.29 is 9.21 Å². The first kappa shape index (κ1) is 10.8. The Labute approximate surface area is 101 Å². The third-order valence-electron chi connectivity index (χ3n) is 4.17.